The molecule has 0 unspecified atom stereocenters. The number of carbonyl (C=O) groups excluding carboxylic acids is 3. The summed E-state index contributed by atoms with van der Waals surface area (Å²) in [7, 11) is 0. The fraction of sp³-hybridized carbons (Fsp3) is 0.810. The topological polar surface area (TPSA) is 204 Å². The van der Waals surface area contributed by atoms with Crippen LogP contribution < -0.4 is 38.9 Å². The Bertz CT molecular complexity index is 567. The van der Waals surface area contributed by atoms with Gasteiger partial charge in [-0.15, -0.1) is 0 Å². The Hall–Kier alpha value is -2.40. The number of hydrogen-bond acceptors (Lipinski definition) is 6. The van der Waals surface area contributed by atoms with E-state index in [0.29, 0.717) is 71.1 Å². The fourth-order valence-corrected chi connectivity index (χ4v) is 3.07. The highest BCUT2D eigenvalue weighted by molar-refractivity contribution is 5.92. The Morgan fingerprint density at radius 1 is 0.812 bits per heavy atom. The number of aliphatic imine (C=N–C) groups is 1. The van der Waals surface area contributed by atoms with Gasteiger partial charge in [0.05, 0.1) is 0 Å². The number of rotatable bonds is 19. The summed E-state index contributed by atoms with van der Waals surface area (Å²) in [5.74, 6) is -0.737. The average Bonchev–Trinajstić information content (AvgIpc) is 2.74. The van der Waals surface area contributed by atoms with Gasteiger partial charge in [0.2, 0.25) is 17.7 Å². The Balaban J connectivity index is 4.90. The van der Waals surface area contributed by atoms with E-state index >= 15 is 0 Å². The summed E-state index contributed by atoms with van der Waals surface area (Å²) in [6.07, 6.45) is 6.36. The minimum atomic E-state index is -0.690. The van der Waals surface area contributed by atoms with E-state index in [2.05, 4.69) is 20.9 Å². The van der Waals surface area contributed by atoms with E-state index in [-0.39, 0.29) is 23.7 Å². The van der Waals surface area contributed by atoms with E-state index < -0.39 is 12.1 Å². The number of unbranched alkanes of at least 4 members (excludes halogenated alkanes) is 3. The predicted molar refractivity (Wildman–Crippen MR) is 128 cm³/mol. The van der Waals surface area contributed by atoms with Gasteiger partial charge in [-0.05, 0) is 70.9 Å². The van der Waals surface area contributed by atoms with Crippen molar-refractivity contribution in [2.24, 2.45) is 27.9 Å². The molecule has 0 spiro atoms. The lowest BCUT2D eigenvalue weighted by Gasteiger charge is -2.23. The molecule has 11 heteroatoms. The second-order valence-corrected chi connectivity index (χ2v) is 7.80. The van der Waals surface area contributed by atoms with Crippen molar-refractivity contribution in [3.8, 4) is 0 Å². The molecule has 0 radical (unpaired) electrons. The number of nitrogens with one attached hydrogen (secondary N) is 3. The standard InChI is InChI=1S/C21H44N8O3/c1-2-9-18(30)28-17(11-4-6-13-23)20(32)29-16(10-3-5-12-22)19(31)26-14-7-8-15-27-21(24)25/h16-17H,2-15,22-23H2,1H3,(H,26,31)(H,28,30)(H,29,32)(H4,24,25,27)/t16-,17-/m0/s1. The third-order valence-corrected chi connectivity index (χ3v) is 4.83. The van der Waals surface area contributed by atoms with Crippen molar-refractivity contribution in [2.45, 2.75) is 83.2 Å². The number of nitrogens with two attached hydrogens (primary N) is 4. The van der Waals surface area contributed by atoms with Gasteiger partial charge in [-0.1, -0.05) is 6.92 Å². The first-order chi connectivity index (χ1) is 15.3. The highest BCUT2D eigenvalue weighted by atomic mass is 16.2. The van der Waals surface area contributed by atoms with Crippen LogP contribution in [-0.4, -0.2) is 61.9 Å². The maximum Gasteiger partial charge on any atom is 0.243 e. The third kappa shape index (κ3) is 15.4. The molecule has 2 atom stereocenters. The number of nitrogens with zero attached hydrogens (tertiary/aromatic N) is 1. The molecule has 0 aromatic rings. The van der Waals surface area contributed by atoms with Crippen LogP contribution in [0, 0.1) is 0 Å². The van der Waals surface area contributed by atoms with Crippen molar-refractivity contribution in [1.29, 1.82) is 0 Å². The molecule has 0 saturated carbocycles. The van der Waals surface area contributed by atoms with E-state index in [0.717, 1.165) is 19.3 Å². The first-order valence-electron chi connectivity index (χ1n) is 11.7. The van der Waals surface area contributed by atoms with E-state index in [4.69, 9.17) is 22.9 Å². The van der Waals surface area contributed by atoms with Gasteiger partial charge in [-0.2, -0.15) is 0 Å². The first kappa shape index (κ1) is 29.6. The van der Waals surface area contributed by atoms with Crippen LogP contribution in [0.5, 0.6) is 0 Å². The zero-order chi connectivity index (χ0) is 24.2. The highest BCUT2D eigenvalue weighted by Gasteiger charge is 2.26. The molecular formula is C21H44N8O3. The summed E-state index contributed by atoms with van der Waals surface area (Å²) in [6, 6.07) is -1.38. The molecule has 0 aromatic heterocycles. The van der Waals surface area contributed by atoms with Crippen molar-refractivity contribution in [3.63, 3.8) is 0 Å². The molecular weight excluding hydrogens is 412 g/mol. The van der Waals surface area contributed by atoms with Gasteiger partial charge in [0, 0.05) is 19.5 Å². The average molecular weight is 457 g/mol. The number of guanidine groups is 1. The van der Waals surface area contributed by atoms with Crippen LogP contribution in [0.1, 0.15) is 71.1 Å². The number of hydrogen-bond donors (Lipinski definition) is 7. The van der Waals surface area contributed by atoms with Crippen molar-refractivity contribution in [2.75, 3.05) is 26.2 Å². The molecule has 0 rings (SSSR count). The van der Waals surface area contributed by atoms with Gasteiger partial charge >= 0.3 is 0 Å². The number of carbonyl (C=O) groups is 3. The molecule has 0 aliphatic rings. The van der Waals surface area contributed by atoms with E-state index in [9.17, 15) is 14.4 Å². The monoisotopic (exact) mass is 456 g/mol. The molecule has 11 N–H and O–H groups in total. The zero-order valence-corrected chi connectivity index (χ0v) is 19.5. The summed E-state index contributed by atoms with van der Waals surface area (Å²) in [6.45, 7) is 3.89. The van der Waals surface area contributed by atoms with Crippen LogP contribution in [0.25, 0.3) is 0 Å². The second-order valence-electron chi connectivity index (χ2n) is 7.80. The van der Waals surface area contributed by atoms with E-state index in [1.165, 1.54) is 0 Å². The van der Waals surface area contributed by atoms with Gasteiger partial charge in [0.25, 0.3) is 0 Å². The molecule has 0 fully saturated rings. The molecule has 32 heavy (non-hydrogen) atoms. The highest BCUT2D eigenvalue weighted by Crippen LogP contribution is 2.06. The van der Waals surface area contributed by atoms with Crippen molar-refractivity contribution in [1.82, 2.24) is 16.0 Å². The molecule has 0 aliphatic carbocycles. The quantitative estimate of drug-likeness (QED) is 0.0746. The van der Waals surface area contributed by atoms with Crippen molar-refractivity contribution >= 4 is 23.7 Å². The predicted octanol–water partition coefficient (Wildman–Crippen LogP) is -0.816. The van der Waals surface area contributed by atoms with Gasteiger partial charge in [0.15, 0.2) is 5.96 Å². The molecule has 0 saturated heterocycles. The lowest BCUT2D eigenvalue weighted by molar-refractivity contribution is -0.132. The Morgan fingerprint density at radius 3 is 1.94 bits per heavy atom. The third-order valence-electron chi connectivity index (χ3n) is 4.83. The van der Waals surface area contributed by atoms with Gasteiger partial charge in [-0.25, -0.2) is 0 Å². The fourth-order valence-electron chi connectivity index (χ4n) is 3.07. The minimum Gasteiger partial charge on any atom is -0.370 e. The maximum atomic E-state index is 12.9. The van der Waals surface area contributed by atoms with Crippen molar-refractivity contribution in [3.05, 3.63) is 0 Å². The molecule has 0 heterocycles. The van der Waals surface area contributed by atoms with Crippen LogP contribution in [0.3, 0.4) is 0 Å². The van der Waals surface area contributed by atoms with Crippen molar-refractivity contribution < 1.29 is 14.4 Å². The molecule has 11 nitrogen and oxygen atoms in total. The van der Waals surface area contributed by atoms with E-state index in [1.807, 2.05) is 6.92 Å². The molecule has 0 aromatic carbocycles. The molecule has 3 amide bonds. The summed E-state index contributed by atoms with van der Waals surface area (Å²) < 4.78 is 0. The molecule has 0 bridgehead atoms. The largest absolute Gasteiger partial charge is 0.370 e. The van der Waals surface area contributed by atoms with Crippen LogP contribution in [-0.2, 0) is 14.4 Å². The summed E-state index contributed by atoms with van der Waals surface area (Å²) in [4.78, 5) is 41.6. The summed E-state index contributed by atoms with van der Waals surface area (Å²) >= 11 is 0. The SMILES string of the molecule is CCCC(=O)N[C@@H](CCCCN)C(=O)N[C@@H](CCCCN)C(=O)NCCCCN=C(N)N. The zero-order valence-electron chi connectivity index (χ0n) is 19.5. The Kier molecular flexibility index (Phi) is 17.9. The van der Waals surface area contributed by atoms with E-state index in [1.54, 1.807) is 0 Å². The van der Waals surface area contributed by atoms with Crippen LogP contribution in [0.2, 0.25) is 0 Å². The van der Waals surface area contributed by atoms with Crippen LogP contribution in [0.4, 0.5) is 0 Å². The van der Waals surface area contributed by atoms with Gasteiger partial charge in [-0.3, -0.25) is 19.4 Å². The molecule has 186 valence electrons. The number of amides is 3. The van der Waals surface area contributed by atoms with Gasteiger partial charge < -0.3 is 38.9 Å². The second kappa shape index (κ2) is 19.3. The van der Waals surface area contributed by atoms with Crippen LogP contribution in [0.15, 0.2) is 4.99 Å². The summed E-state index contributed by atoms with van der Waals surface area (Å²) in [5, 5.41) is 8.47. The minimum absolute atomic E-state index is 0.0451. The lowest BCUT2D eigenvalue weighted by Crippen LogP contribution is -2.53. The first-order valence-corrected chi connectivity index (χ1v) is 11.7. The van der Waals surface area contributed by atoms with Crippen LogP contribution >= 0.6 is 0 Å². The summed E-state index contributed by atoms with van der Waals surface area (Å²) in [5.41, 5.74) is 21.7. The van der Waals surface area contributed by atoms with Gasteiger partial charge in [0.1, 0.15) is 12.1 Å². The smallest absolute Gasteiger partial charge is 0.243 e. The molecule has 0 aliphatic heterocycles. The normalized spacial score (nSPS) is 12.5. The maximum absolute atomic E-state index is 12.9. The lowest BCUT2D eigenvalue weighted by atomic mass is 10.0. The Morgan fingerprint density at radius 2 is 1.41 bits per heavy atom. The Labute approximate surface area is 191 Å².